The van der Waals surface area contributed by atoms with E-state index in [9.17, 15) is 0 Å². The van der Waals surface area contributed by atoms with E-state index in [0.29, 0.717) is 0 Å². The molecule has 102 valence electrons. The molecule has 0 atom stereocenters. The largest absolute Gasteiger partial charge is 0.294 e. The topological polar surface area (TPSA) is 21.1 Å². The van der Waals surface area contributed by atoms with Crippen LogP contribution in [0.2, 0.25) is 0 Å². The normalized spacial score (nSPS) is 16.3. The summed E-state index contributed by atoms with van der Waals surface area (Å²) in [6, 6.07) is 0.773. The Balaban J connectivity index is 2.12. The third kappa shape index (κ3) is 2.99. The summed E-state index contributed by atoms with van der Waals surface area (Å²) in [4.78, 5) is 2.58. The molecule has 5 heteroatoms. The van der Waals surface area contributed by atoms with E-state index < -0.39 is 0 Å². The minimum absolute atomic E-state index is 0.773. The van der Waals surface area contributed by atoms with Crippen LogP contribution in [0.1, 0.15) is 37.6 Å². The Morgan fingerprint density at radius 3 is 2.61 bits per heavy atom. The van der Waals surface area contributed by atoms with Crippen LogP contribution in [-0.2, 0) is 20.0 Å². The second-order valence-electron chi connectivity index (χ2n) is 4.93. The maximum absolute atomic E-state index is 4.58. The first-order valence-corrected chi connectivity index (χ1v) is 8.59. The number of rotatable bonds is 6. The Bertz CT molecular complexity index is 399. The van der Waals surface area contributed by atoms with E-state index in [-0.39, 0.29) is 0 Å². The SMILES string of the molecule is CCc1nn(C)c(CN(CCBr)C2CCC2)c1Br. The first kappa shape index (κ1) is 14.5. The highest BCUT2D eigenvalue weighted by atomic mass is 79.9. The molecule has 3 nitrogen and oxygen atoms in total. The molecule has 0 unspecified atom stereocenters. The van der Waals surface area contributed by atoms with Gasteiger partial charge in [0.15, 0.2) is 0 Å². The first-order chi connectivity index (χ1) is 8.67. The summed E-state index contributed by atoms with van der Waals surface area (Å²) < 4.78 is 3.23. The van der Waals surface area contributed by atoms with Gasteiger partial charge < -0.3 is 0 Å². The molecule has 0 N–H and O–H groups in total. The predicted octanol–water partition coefficient (Wildman–Crippen LogP) is 3.49. The molecule has 1 aromatic rings. The van der Waals surface area contributed by atoms with Crippen LogP contribution in [-0.4, -0.2) is 32.6 Å². The van der Waals surface area contributed by atoms with Crippen LogP contribution in [0.15, 0.2) is 4.47 Å². The molecular weight excluding hydrogens is 358 g/mol. The quantitative estimate of drug-likeness (QED) is 0.706. The van der Waals surface area contributed by atoms with Gasteiger partial charge in [0.2, 0.25) is 0 Å². The van der Waals surface area contributed by atoms with Crippen LogP contribution in [0, 0.1) is 0 Å². The molecule has 0 bridgehead atoms. The van der Waals surface area contributed by atoms with Crippen LogP contribution in [0.25, 0.3) is 0 Å². The lowest BCUT2D eigenvalue weighted by atomic mass is 9.91. The van der Waals surface area contributed by atoms with E-state index in [0.717, 1.165) is 30.9 Å². The smallest absolute Gasteiger partial charge is 0.0767 e. The molecule has 2 rings (SSSR count). The first-order valence-electron chi connectivity index (χ1n) is 6.67. The van der Waals surface area contributed by atoms with Gasteiger partial charge in [-0.2, -0.15) is 5.10 Å². The van der Waals surface area contributed by atoms with Crippen molar-refractivity contribution in [3.05, 3.63) is 15.9 Å². The van der Waals surface area contributed by atoms with E-state index in [2.05, 4.69) is 48.8 Å². The van der Waals surface area contributed by atoms with E-state index in [1.807, 2.05) is 11.7 Å². The average molecular weight is 379 g/mol. The third-order valence-electron chi connectivity index (χ3n) is 3.82. The van der Waals surface area contributed by atoms with E-state index >= 15 is 0 Å². The molecule has 0 radical (unpaired) electrons. The third-order valence-corrected chi connectivity index (χ3v) is 5.09. The van der Waals surface area contributed by atoms with Gasteiger partial charge in [-0.25, -0.2) is 0 Å². The molecule has 0 amide bonds. The molecule has 1 aliphatic carbocycles. The Labute approximate surface area is 126 Å². The van der Waals surface area contributed by atoms with Crippen molar-refractivity contribution in [2.24, 2.45) is 7.05 Å². The minimum atomic E-state index is 0.773. The van der Waals surface area contributed by atoms with Gasteiger partial charge in [-0.3, -0.25) is 9.58 Å². The number of aryl methyl sites for hydroxylation is 2. The van der Waals surface area contributed by atoms with Crippen molar-refractivity contribution in [3.8, 4) is 0 Å². The summed E-state index contributed by atoms with van der Waals surface area (Å²) >= 11 is 7.27. The maximum atomic E-state index is 4.58. The van der Waals surface area contributed by atoms with Crippen molar-refractivity contribution in [3.63, 3.8) is 0 Å². The fourth-order valence-corrected chi connectivity index (χ4v) is 3.63. The molecule has 0 saturated heterocycles. The van der Waals surface area contributed by atoms with E-state index in [1.54, 1.807) is 0 Å². The van der Waals surface area contributed by atoms with Crippen LogP contribution in [0.5, 0.6) is 0 Å². The van der Waals surface area contributed by atoms with Gasteiger partial charge in [0.25, 0.3) is 0 Å². The highest BCUT2D eigenvalue weighted by molar-refractivity contribution is 9.10. The number of nitrogens with zero attached hydrogens (tertiary/aromatic N) is 3. The lowest BCUT2D eigenvalue weighted by molar-refractivity contribution is 0.125. The van der Waals surface area contributed by atoms with Crippen LogP contribution in [0.4, 0.5) is 0 Å². The number of aromatic nitrogens is 2. The molecular formula is C13H21Br2N3. The van der Waals surface area contributed by atoms with E-state index in [1.165, 1.54) is 35.1 Å². The zero-order valence-corrected chi connectivity index (χ0v) is 14.3. The highest BCUT2D eigenvalue weighted by Crippen LogP contribution is 2.29. The minimum Gasteiger partial charge on any atom is -0.294 e. The summed E-state index contributed by atoms with van der Waals surface area (Å²) in [6.45, 7) is 4.27. The highest BCUT2D eigenvalue weighted by Gasteiger charge is 2.26. The van der Waals surface area contributed by atoms with Crippen LogP contribution in [0.3, 0.4) is 0 Å². The summed E-state index contributed by atoms with van der Waals surface area (Å²) in [5.41, 5.74) is 2.47. The maximum Gasteiger partial charge on any atom is 0.0767 e. The summed E-state index contributed by atoms with van der Waals surface area (Å²) in [5, 5.41) is 5.62. The fourth-order valence-electron chi connectivity index (χ4n) is 2.44. The Hall–Kier alpha value is 0.130. The molecule has 0 spiro atoms. The van der Waals surface area contributed by atoms with Crippen molar-refractivity contribution in [2.45, 2.75) is 45.2 Å². The average Bonchev–Trinajstić information content (AvgIpc) is 2.54. The number of halogens is 2. The monoisotopic (exact) mass is 377 g/mol. The lowest BCUT2D eigenvalue weighted by Gasteiger charge is -2.37. The molecule has 1 heterocycles. The number of hydrogen-bond donors (Lipinski definition) is 0. The Kier molecular flexibility index (Phi) is 5.27. The summed E-state index contributed by atoms with van der Waals surface area (Å²) in [7, 11) is 2.05. The van der Waals surface area contributed by atoms with Gasteiger partial charge in [0, 0.05) is 31.5 Å². The van der Waals surface area contributed by atoms with Crippen molar-refractivity contribution in [1.29, 1.82) is 0 Å². The van der Waals surface area contributed by atoms with Gasteiger partial charge in [-0.05, 0) is 35.2 Å². The van der Waals surface area contributed by atoms with Crippen LogP contribution < -0.4 is 0 Å². The molecule has 1 saturated carbocycles. The lowest BCUT2D eigenvalue weighted by Crippen LogP contribution is -2.41. The number of hydrogen-bond acceptors (Lipinski definition) is 2. The van der Waals surface area contributed by atoms with E-state index in [4.69, 9.17) is 0 Å². The fraction of sp³-hybridized carbons (Fsp3) is 0.769. The number of alkyl halides is 1. The van der Waals surface area contributed by atoms with Gasteiger partial charge >= 0.3 is 0 Å². The van der Waals surface area contributed by atoms with Gasteiger partial charge in [-0.1, -0.05) is 29.3 Å². The summed E-state index contributed by atoms with van der Waals surface area (Å²) in [6.07, 6.45) is 5.07. The zero-order chi connectivity index (χ0) is 13.1. The Morgan fingerprint density at radius 2 is 2.17 bits per heavy atom. The van der Waals surface area contributed by atoms with Gasteiger partial charge in [-0.15, -0.1) is 0 Å². The van der Waals surface area contributed by atoms with Gasteiger partial charge in [0.1, 0.15) is 0 Å². The van der Waals surface area contributed by atoms with Crippen molar-refractivity contribution in [1.82, 2.24) is 14.7 Å². The second-order valence-corrected chi connectivity index (χ2v) is 6.51. The second kappa shape index (κ2) is 6.53. The molecule has 1 fully saturated rings. The van der Waals surface area contributed by atoms with Crippen LogP contribution >= 0.6 is 31.9 Å². The molecule has 1 aliphatic rings. The Morgan fingerprint density at radius 1 is 1.44 bits per heavy atom. The van der Waals surface area contributed by atoms with Crippen molar-refractivity contribution < 1.29 is 0 Å². The zero-order valence-electron chi connectivity index (χ0n) is 11.1. The molecule has 0 aromatic carbocycles. The standard InChI is InChI=1S/C13H21Br2N3/c1-3-11-13(15)12(17(2)16-11)9-18(8-7-14)10-5-4-6-10/h10H,3-9H2,1-2H3. The molecule has 1 aromatic heterocycles. The van der Waals surface area contributed by atoms with Gasteiger partial charge in [0.05, 0.1) is 15.9 Å². The van der Waals surface area contributed by atoms with Crippen molar-refractivity contribution in [2.75, 3.05) is 11.9 Å². The predicted molar refractivity (Wildman–Crippen MR) is 82.1 cm³/mol. The molecule has 18 heavy (non-hydrogen) atoms. The summed E-state index contributed by atoms with van der Waals surface area (Å²) in [5.74, 6) is 0. The molecule has 0 aliphatic heterocycles. The van der Waals surface area contributed by atoms with Crippen molar-refractivity contribution >= 4 is 31.9 Å².